The van der Waals surface area contributed by atoms with Gasteiger partial charge in [-0.15, -0.1) is 0 Å². The molecule has 4 heteroatoms. The van der Waals surface area contributed by atoms with Crippen LogP contribution in [-0.4, -0.2) is 4.92 Å². The normalized spacial score (nSPS) is 16.8. The van der Waals surface area contributed by atoms with Crippen molar-refractivity contribution in [3.05, 3.63) is 39.4 Å². The summed E-state index contributed by atoms with van der Waals surface area (Å²) in [6.45, 7) is 1.88. The highest BCUT2D eigenvalue weighted by Gasteiger charge is 2.48. The summed E-state index contributed by atoms with van der Waals surface area (Å²) < 4.78 is 0. The van der Waals surface area contributed by atoms with Crippen LogP contribution in [0.3, 0.4) is 0 Å². The maximum atomic E-state index is 10.8. The summed E-state index contributed by atoms with van der Waals surface area (Å²) in [5.74, 6) is 0. The van der Waals surface area contributed by atoms with E-state index in [4.69, 9.17) is 5.26 Å². The van der Waals surface area contributed by atoms with Crippen LogP contribution in [0.1, 0.15) is 24.0 Å². The Bertz CT molecular complexity index is 470. The monoisotopic (exact) mass is 202 g/mol. The minimum Gasteiger partial charge on any atom is -0.258 e. The summed E-state index contributed by atoms with van der Waals surface area (Å²) in [7, 11) is 0. The topological polar surface area (TPSA) is 66.9 Å². The fourth-order valence-electron chi connectivity index (χ4n) is 1.76. The number of nitrogens with zero attached hydrogens (tertiary/aromatic N) is 2. The lowest BCUT2D eigenvalue weighted by molar-refractivity contribution is -0.385. The third-order valence-electron chi connectivity index (χ3n) is 2.83. The van der Waals surface area contributed by atoms with Gasteiger partial charge in [0.05, 0.1) is 22.0 Å². The zero-order valence-electron chi connectivity index (χ0n) is 8.36. The number of nitriles is 1. The van der Waals surface area contributed by atoms with Gasteiger partial charge in [0.2, 0.25) is 0 Å². The van der Waals surface area contributed by atoms with Gasteiger partial charge >= 0.3 is 0 Å². The smallest absolute Gasteiger partial charge is 0.258 e. The minimum absolute atomic E-state index is 0.0691. The van der Waals surface area contributed by atoms with E-state index in [2.05, 4.69) is 6.07 Å². The van der Waals surface area contributed by atoms with E-state index in [9.17, 15) is 10.1 Å². The lowest BCUT2D eigenvalue weighted by Gasteiger charge is -2.07. The van der Waals surface area contributed by atoms with Crippen molar-refractivity contribution in [3.63, 3.8) is 0 Å². The Morgan fingerprint density at radius 3 is 2.67 bits per heavy atom. The first-order chi connectivity index (χ1) is 7.09. The predicted molar refractivity (Wildman–Crippen MR) is 54.4 cm³/mol. The highest BCUT2D eigenvalue weighted by Crippen LogP contribution is 2.50. The molecule has 0 bridgehead atoms. The van der Waals surface area contributed by atoms with E-state index in [0.29, 0.717) is 5.56 Å². The predicted octanol–water partition coefficient (Wildman–Crippen LogP) is 2.46. The molecule has 0 spiro atoms. The molecular formula is C11H10N2O2. The number of benzene rings is 1. The molecular weight excluding hydrogens is 192 g/mol. The Hall–Kier alpha value is -1.89. The molecule has 0 radical (unpaired) electrons. The van der Waals surface area contributed by atoms with E-state index in [1.54, 1.807) is 12.1 Å². The summed E-state index contributed by atoms with van der Waals surface area (Å²) in [5.41, 5.74) is 1.01. The van der Waals surface area contributed by atoms with Gasteiger partial charge in [0.15, 0.2) is 0 Å². The third kappa shape index (κ3) is 1.46. The second-order valence-corrected chi connectivity index (χ2v) is 3.97. The lowest BCUT2D eigenvalue weighted by Crippen LogP contribution is -2.07. The molecule has 0 aliphatic heterocycles. The van der Waals surface area contributed by atoms with Crippen molar-refractivity contribution in [2.24, 2.45) is 0 Å². The van der Waals surface area contributed by atoms with Gasteiger partial charge in [0.25, 0.3) is 5.69 Å². The van der Waals surface area contributed by atoms with Crippen molar-refractivity contribution in [3.8, 4) is 6.07 Å². The van der Waals surface area contributed by atoms with Crippen molar-refractivity contribution in [2.45, 2.75) is 25.2 Å². The van der Waals surface area contributed by atoms with Gasteiger partial charge in [0, 0.05) is 6.07 Å². The van der Waals surface area contributed by atoms with Gasteiger partial charge in [0.1, 0.15) is 0 Å². The molecule has 2 rings (SSSR count). The quantitative estimate of drug-likeness (QED) is 0.546. The van der Waals surface area contributed by atoms with Crippen LogP contribution >= 0.6 is 0 Å². The number of nitro groups is 1. The van der Waals surface area contributed by atoms with Crippen molar-refractivity contribution >= 4 is 5.69 Å². The molecule has 15 heavy (non-hydrogen) atoms. The average Bonchev–Trinajstić information content (AvgIpc) is 2.97. The summed E-state index contributed by atoms with van der Waals surface area (Å²) in [6, 6.07) is 7.14. The van der Waals surface area contributed by atoms with Crippen LogP contribution in [0.2, 0.25) is 0 Å². The van der Waals surface area contributed by atoms with Gasteiger partial charge < -0.3 is 0 Å². The Morgan fingerprint density at radius 2 is 2.20 bits per heavy atom. The van der Waals surface area contributed by atoms with Gasteiger partial charge in [-0.3, -0.25) is 10.1 Å². The van der Waals surface area contributed by atoms with E-state index in [-0.39, 0.29) is 5.69 Å². The van der Waals surface area contributed by atoms with Crippen LogP contribution in [0.25, 0.3) is 0 Å². The van der Waals surface area contributed by atoms with E-state index in [1.807, 2.05) is 6.92 Å². The lowest BCUT2D eigenvalue weighted by atomic mass is 9.94. The Balaban J connectivity index is 2.59. The first-order valence-corrected chi connectivity index (χ1v) is 4.76. The van der Waals surface area contributed by atoms with E-state index in [1.165, 1.54) is 6.07 Å². The summed E-state index contributed by atoms with van der Waals surface area (Å²) in [6.07, 6.45) is 1.46. The van der Waals surface area contributed by atoms with E-state index >= 15 is 0 Å². The highest BCUT2D eigenvalue weighted by molar-refractivity contribution is 5.53. The molecule has 0 saturated heterocycles. The first kappa shape index (κ1) is 9.66. The van der Waals surface area contributed by atoms with Crippen LogP contribution in [0.4, 0.5) is 5.69 Å². The van der Waals surface area contributed by atoms with Gasteiger partial charge in [-0.25, -0.2) is 0 Å². The summed E-state index contributed by atoms with van der Waals surface area (Å²) in [5, 5.41) is 19.9. The van der Waals surface area contributed by atoms with Gasteiger partial charge in [-0.1, -0.05) is 11.6 Å². The maximum Gasteiger partial charge on any atom is 0.274 e. The van der Waals surface area contributed by atoms with E-state index < -0.39 is 10.3 Å². The Kier molecular flexibility index (Phi) is 1.97. The van der Waals surface area contributed by atoms with Crippen LogP contribution in [0, 0.1) is 28.4 Å². The molecule has 1 aromatic rings. The maximum absolute atomic E-state index is 10.8. The number of hydrogen-bond acceptors (Lipinski definition) is 3. The van der Waals surface area contributed by atoms with Crippen LogP contribution in [-0.2, 0) is 5.41 Å². The first-order valence-electron chi connectivity index (χ1n) is 4.76. The van der Waals surface area contributed by atoms with Gasteiger partial charge in [-0.2, -0.15) is 5.26 Å². The number of nitro benzene ring substituents is 1. The molecule has 76 valence electrons. The van der Waals surface area contributed by atoms with Crippen molar-refractivity contribution in [2.75, 3.05) is 0 Å². The second-order valence-electron chi connectivity index (χ2n) is 3.97. The SMILES string of the molecule is Cc1ccc([N+](=O)[O-])c(C2(C#N)CC2)c1. The fraction of sp³-hybridized carbons (Fsp3) is 0.364. The van der Waals surface area contributed by atoms with Crippen molar-refractivity contribution in [1.29, 1.82) is 5.26 Å². The average molecular weight is 202 g/mol. The Labute approximate surface area is 87.3 Å². The van der Waals surface area contributed by atoms with Crippen LogP contribution in [0.15, 0.2) is 18.2 Å². The van der Waals surface area contributed by atoms with Crippen LogP contribution in [0.5, 0.6) is 0 Å². The van der Waals surface area contributed by atoms with Crippen molar-refractivity contribution in [1.82, 2.24) is 0 Å². The van der Waals surface area contributed by atoms with Crippen LogP contribution < -0.4 is 0 Å². The largest absolute Gasteiger partial charge is 0.274 e. The molecule has 0 unspecified atom stereocenters. The minimum atomic E-state index is -0.589. The third-order valence-corrected chi connectivity index (χ3v) is 2.83. The molecule has 1 aliphatic rings. The molecule has 1 aromatic carbocycles. The van der Waals surface area contributed by atoms with Gasteiger partial charge in [-0.05, 0) is 25.8 Å². The zero-order valence-corrected chi connectivity index (χ0v) is 8.36. The number of hydrogen-bond donors (Lipinski definition) is 0. The fourth-order valence-corrected chi connectivity index (χ4v) is 1.76. The molecule has 0 amide bonds. The highest BCUT2D eigenvalue weighted by atomic mass is 16.6. The summed E-state index contributed by atoms with van der Waals surface area (Å²) in [4.78, 5) is 10.4. The standard InChI is InChI=1S/C11H10N2O2/c1-8-2-3-10(13(14)15)9(6-8)11(7-12)4-5-11/h2-3,6H,4-5H2,1H3. The zero-order chi connectivity index (χ0) is 11.1. The molecule has 0 heterocycles. The van der Waals surface area contributed by atoms with Crippen molar-refractivity contribution < 1.29 is 4.92 Å². The molecule has 1 fully saturated rings. The second kappa shape index (κ2) is 3.06. The number of rotatable bonds is 2. The molecule has 1 aliphatic carbocycles. The number of aryl methyl sites for hydroxylation is 1. The summed E-state index contributed by atoms with van der Waals surface area (Å²) >= 11 is 0. The molecule has 0 aromatic heterocycles. The molecule has 0 atom stereocenters. The van der Waals surface area contributed by atoms with E-state index in [0.717, 1.165) is 18.4 Å². The molecule has 1 saturated carbocycles. The Morgan fingerprint density at radius 1 is 1.53 bits per heavy atom. The molecule has 0 N–H and O–H groups in total. The molecule has 4 nitrogen and oxygen atoms in total.